The first kappa shape index (κ1) is 14.2. The summed E-state index contributed by atoms with van der Waals surface area (Å²) in [5.74, 6) is 0.798. The first-order chi connectivity index (χ1) is 9.10. The molecule has 1 aromatic carbocycles. The summed E-state index contributed by atoms with van der Waals surface area (Å²) in [6, 6.07) is 9.82. The number of aliphatic hydroxyl groups excluding tert-OH is 1. The third kappa shape index (κ3) is 3.65. The average Bonchev–Trinajstić information content (AvgIpc) is 2.75. The molecule has 1 unspecified atom stereocenters. The Morgan fingerprint density at radius 2 is 2.21 bits per heavy atom. The van der Waals surface area contributed by atoms with E-state index in [1.54, 1.807) is 0 Å². The van der Waals surface area contributed by atoms with Crippen LogP contribution in [0.2, 0.25) is 0 Å². The molecule has 2 rings (SSSR count). The molecule has 1 N–H and O–H groups in total. The SMILES string of the molecule is Cc1cc(CN(C)C(CO)c2cccc(Br)c2)no1. The standard InChI is InChI=1S/C14H17BrN2O2/c1-10-6-13(16-19-10)8-17(2)14(9-18)11-4-3-5-12(15)7-11/h3-7,14,18H,8-9H2,1-2H3. The van der Waals surface area contributed by atoms with E-state index in [4.69, 9.17) is 4.52 Å². The Balaban J connectivity index is 2.12. The van der Waals surface area contributed by atoms with Crippen molar-refractivity contribution in [3.63, 3.8) is 0 Å². The van der Waals surface area contributed by atoms with Crippen molar-refractivity contribution >= 4 is 15.9 Å². The molecule has 0 bridgehead atoms. The van der Waals surface area contributed by atoms with Gasteiger partial charge in [0, 0.05) is 17.1 Å². The van der Waals surface area contributed by atoms with Gasteiger partial charge in [0.1, 0.15) is 5.76 Å². The van der Waals surface area contributed by atoms with Crippen LogP contribution in [0.25, 0.3) is 0 Å². The molecule has 19 heavy (non-hydrogen) atoms. The van der Waals surface area contributed by atoms with Crippen LogP contribution in [0.15, 0.2) is 39.3 Å². The first-order valence-electron chi connectivity index (χ1n) is 6.09. The predicted molar refractivity (Wildman–Crippen MR) is 76.7 cm³/mol. The number of hydrogen-bond donors (Lipinski definition) is 1. The van der Waals surface area contributed by atoms with Crippen molar-refractivity contribution in [2.75, 3.05) is 13.7 Å². The highest BCUT2D eigenvalue weighted by molar-refractivity contribution is 9.10. The van der Waals surface area contributed by atoms with Crippen LogP contribution >= 0.6 is 15.9 Å². The number of benzene rings is 1. The highest BCUT2D eigenvalue weighted by Gasteiger charge is 2.17. The van der Waals surface area contributed by atoms with Gasteiger partial charge in [0.05, 0.1) is 18.3 Å². The number of nitrogens with zero attached hydrogens (tertiary/aromatic N) is 2. The van der Waals surface area contributed by atoms with Crippen molar-refractivity contribution < 1.29 is 9.63 Å². The molecule has 5 heteroatoms. The number of halogens is 1. The van der Waals surface area contributed by atoms with Gasteiger partial charge >= 0.3 is 0 Å². The van der Waals surface area contributed by atoms with Gasteiger partial charge in [-0.25, -0.2) is 0 Å². The van der Waals surface area contributed by atoms with Gasteiger partial charge in [-0.05, 0) is 31.7 Å². The lowest BCUT2D eigenvalue weighted by molar-refractivity contribution is 0.140. The van der Waals surface area contributed by atoms with Crippen LogP contribution in [0.1, 0.15) is 23.1 Å². The maximum Gasteiger partial charge on any atom is 0.133 e. The molecule has 0 spiro atoms. The second kappa shape index (κ2) is 6.32. The number of aliphatic hydroxyl groups is 1. The molecule has 1 aromatic heterocycles. The molecular weight excluding hydrogens is 308 g/mol. The quantitative estimate of drug-likeness (QED) is 0.918. The first-order valence-corrected chi connectivity index (χ1v) is 6.88. The largest absolute Gasteiger partial charge is 0.394 e. The molecule has 0 radical (unpaired) electrons. The summed E-state index contributed by atoms with van der Waals surface area (Å²) in [5.41, 5.74) is 1.94. The van der Waals surface area contributed by atoms with Crippen LogP contribution in [0.5, 0.6) is 0 Å². The molecule has 0 aliphatic carbocycles. The lowest BCUT2D eigenvalue weighted by Gasteiger charge is -2.26. The average molecular weight is 325 g/mol. The van der Waals surface area contributed by atoms with E-state index in [2.05, 4.69) is 26.0 Å². The van der Waals surface area contributed by atoms with E-state index in [1.165, 1.54) is 0 Å². The Hall–Kier alpha value is -1.17. The number of hydrogen-bond acceptors (Lipinski definition) is 4. The van der Waals surface area contributed by atoms with E-state index in [0.717, 1.165) is 21.5 Å². The molecular formula is C14H17BrN2O2. The van der Waals surface area contributed by atoms with Gasteiger partial charge in [-0.1, -0.05) is 33.2 Å². The molecule has 4 nitrogen and oxygen atoms in total. The lowest BCUT2D eigenvalue weighted by atomic mass is 10.1. The smallest absolute Gasteiger partial charge is 0.133 e. The van der Waals surface area contributed by atoms with Crippen LogP contribution in [0, 0.1) is 6.92 Å². The molecule has 0 saturated heterocycles. The van der Waals surface area contributed by atoms with E-state index < -0.39 is 0 Å². The van der Waals surface area contributed by atoms with Gasteiger partial charge in [-0.2, -0.15) is 0 Å². The van der Waals surface area contributed by atoms with Crippen molar-refractivity contribution in [1.29, 1.82) is 0 Å². The van der Waals surface area contributed by atoms with Gasteiger partial charge in [-0.3, -0.25) is 4.90 Å². The Morgan fingerprint density at radius 3 is 2.79 bits per heavy atom. The zero-order valence-corrected chi connectivity index (χ0v) is 12.6. The highest BCUT2D eigenvalue weighted by Crippen LogP contribution is 2.23. The fourth-order valence-electron chi connectivity index (χ4n) is 2.07. The maximum absolute atomic E-state index is 9.62. The van der Waals surface area contributed by atoms with Gasteiger partial charge in [0.25, 0.3) is 0 Å². The van der Waals surface area contributed by atoms with Crippen molar-refractivity contribution in [2.24, 2.45) is 0 Å². The van der Waals surface area contributed by atoms with Crippen molar-refractivity contribution in [1.82, 2.24) is 10.1 Å². The number of aryl methyl sites for hydroxylation is 1. The second-order valence-electron chi connectivity index (χ2n) is 4.60. The third-order valence-electron chi connectivity index (χ3n) is 3.03. The Morgan fingerprint density at radius 1 is 1.42 bits per heavy atom. The van der Waals surface area contributed by atoms with Gasteiger partial charge in [0.2, 0.25) is 0 Å². The molecule has 0 aliphatic rings. The summed E-state index contributed by atoms with van der Waals surface area (Å²) in [5, 5.41) is 13.6. The normalized spacial score (nSPS) is 12.9. The zero-order valence-electron chi connectivity index (χ0n) is 11.0. The number of aromatic nitrogens is 1. The fourth-order valence-corrected chi connectivity index (χ4v) is 2.49. The minimum atomic E-state index is -0.0606. The monoisotopic (exact) mass is 324 g/mol. The summed E-state index contributed by atoms with van der Waals surface area (Å²) >= 11 is 3.45. The lowest BCUT2D eigenvalue weighted by Crippen LogP contribution is -2.27. The molecule has 0 saturated carbocycles. The van der Waals surface area contributed by atoms with Crippen LogP contribution in [-0.4, -0.2) is 28.8 Å². The van der Waals surface area contributed by atoms with Crippen LogP contribution in [-0.2, 0) is 6.54 Å². The van der Waals surface area contributed by atoms with Crippen LogP contribution < -0.4 is 0 Å². The fraction of sp³-hybridized carbons (Fsp3) is 0.357. The van der Waals surface area contributed by atoms with E-state index in [-0.39, 0.29) is 12.6 Å². The van der Waals surface area contributed by atoms with Gasteiger partial charge in [0.15, 0.2) is 0 Å². The van der Waals surface area contributed by atoms with Crippen LogP contribution in [0.3, 0.4) is 0 Å². The topological polar surface area (TPSA) is 49.5 Å². The molecule has 1 atom stereocenters. The zero-order chi connectivity index (χ0) is 13.8. The summed E-state index contributed by atoms with van der Waals surface area (Å²) in [6.07, 6.45) is 0. The summed E-state index contributed by atoms with van der Waals surface area (Å²) in [6.45, 7) is 2.56. The van der Waals surface area contributed by atoms with E-state index in [1.807, 2.05) is 44.3 Å². The second-order valence-corrected chi connectivity index (χ2v) is 5.51. The molecule has 0 amide bonds. The summed E-state index contributed by atoms with van der Waals surface area (Å²) in [4.78, 5) is 2.05. The van der Waals surface area contributed by atoms with E-state index in [0.29, 0.717) is 6.54 Å². The molecule has 0 fully saturated rings. The summed E-state index contributed by atoms with van der Waals surface area (Å²) in [7, 11) is 1.96. The van der Waals surface area contributed by atoms with Crippen molar-refractivity contribution in [2.45, 2.75) is 19.5 Å². The maximum atomic E-state index is 9.62. The minimum Gasteiger partial charge on any atom is -0.394 e. The van der Waals surface area contributed by atoms with Crippen molar-refractivity contribution in [3.8, 4) is 0 Å². The molecule has 1 heterocycles. The van der Waals surface area contributed by atoms with Gasteiger partial charge in [-0.15, -0.1) is 0 Å². The minimum absolute atomic E-state index is 0.0593. The van der Waals surface area contributed by atoms with Crippen molar-refractivity contribution in [3.05, 3.63) is 51.8 Å². The molecule has 0 aliphatic heterocycles. The van der Waals surface area contributed by atoms with Gasteiger partial charge < -0.3 is 9.63 Å². The predicted octanol–water partition coefficient (Wildman–Crippen LogP) is 2.91. The Kier molecular flexibility index (Phi) is 4.74. The molecule has 102 valence electrons. The number of rotatable bonds is 5. The van der Waals surface area contributed by atoms with E-state index in [9.17, 15) is 5.11 Å². The third-order valence-corrected chi connectivity index (χ3v) is 3.52. The molecule has 2 aromatic rings. The Labute approximate surface area is 121 Å². The Bertz CT molecular complexity index is 542. The highest BCUT2D eigenvalue weighted by atomic mass is 79.9. The van der Waals surface area contributed by atoms with E-state index >= 15 is 0 Å². The number of likely N-dealkylation sites (N-methyl/N-ethyl adjacent to an activating group) is 1. The van der Waals surface area contributed by atoms with Crippen LogP contribution in [0.4, 0.5) is 0 Å². The summed E-state index contributed by atoms with van der Waals surface area (Å²) < 4.78 is 6.07.